The van der Waals surface area contributed by atoms with Gasteiger partial charge in [0.2, 0.25) is 5.91 Å². The molecule has 2 heterocycles. The number of nitrogens with zero attached hydrogens (tertiary/aromatic N) is 1. The topological polar surface area (TPSA) is 44.4 Å². The van der Waals surface area contributed by atoms with Gasteiger partial charge in [0, 0.05) is 11.7 Å². The highest BCUT2D eigenvalue weighted by atomic mass is 16.2. The molecule has 4 heteroatoms. The van der Waals surface area contributed by atoms with Gasteiger partial charge in [0.15, 0.2) is 0 Å². The molecule has 2 atom stereocenters. The molecule has 0 radical (unpaired) electrons. The number of amides is 1. The van der Waals surface area contributed by atoms with Crippen LogP contribution in [0, 0.1) is 5.92 Å². The monoisotopic (exact) mass is 301 g/mol. The minimum Gasteiger partial charge on any atom is -0.325 e. The lowest BCUT2D eigenvalue weighted by Crippen LogP contribution is -2.48. The van der Waals surface area contributed by atoms with E-state index in [1.165, 1.54) is 32.2 Å². The molecule has 2 fully saturated rings. The van der Waals surface area contributed by atoms with Gasteiger partial charge in [0.05, 0.1) is 6.04 Å². The first-order chi connectivity index (χ1) is 10.7. The van der Waals surface area contributed by atoms with Crippen LogP contribution in [-0.4, -0.2) is 42.5 Å². The molecule has 3 rings (SSSR count). The minimum absolute atomic E-state index is 0.0577. The molecule has 0 aromatic heterocycles. The predicted octanol–water partition coefficient (Wildman–Crippen LogP) is 2.48. The third-order valence-electron chi connectivity index (χ3n) is 5.21. The Kier molecular flexibility index (Phi) is 5.11. The summed E-state index contributed by atoms with van der Waals surface area (Å²) in [7, 11) is 0. The van der Waals surface area contributed by atoms with Gasteiger partial charge in [-0.3, -0.25) is 9.69 Å². The predicted molar refractivity (Wildman–Crippen MR) is 89.9 cm³/mol. The van der Waals surface area contributed by atoms with Gasteiger partial charge in [-0.15, -0.1) is 0 Å². The molecule has 2 unspecified atom stereocenters. The number of hydrogen-bond donors (Lipinski definition) is 2. The van der Waals surface area contributed by atoms with Crippen LogP contribution in [0.1, 0.15) is 32.6 Å². The van der Waals surface area contributed by atoms with Gasteiger partial charge in [-0.1, -0.05) is 18.2 Å². The quantitative estimate of drug-likeness (QED) is 0.898. The largest absolute Gasteiger partial charge is 0.325 e. The van der Waals surface area contributed by atoms with E-state index in [0.717, 1.165) is 30.7 Å². The van der Waals surface area contributed by atoms with Crippen molar-refractivity contribution in [3.8, 4) is 0 Å². The summed E-state index contributed by atoms with van der Waals surface area (Å²) in [5, 5.41) is 6.64. The molecule has 120 valence electrons. The number of para-hydroxylation sites is 1. The Balaban J connectivity index is 1.48. The highest BCUT2D eigenvalue weighted by Gasteiger charge is 2.31. The fraction of sp³-hybridized carbons (Fsp3) is 0.611. The third-order valence-corrected chi connectivity index (χ3v) is 5.21. The summed E-state index contributed by atoms with van der Waals surface area (Å²) in [4.78, 5) is 14.7. The smallest absolute Gasteiger partial charge is 0.241 e. The molecule has 0 aliphatic carbocycles. The van der Waals surface area contributed by atoms with Crippen molar-refractivity contribution < 1.29 is 4.79 Å². The molecular weight excluding hydrogens is 274 g/mol. The van der Waals surface area contributed by atoms with E-state index in [-0.39, 0.29) is 11.9 Å². The lowest BCUT2D eigenvalue weighted by atomic mass is 9.88. The second-order valence-corrected chi connectivity index (χ2v) is 6.61. The standard InChI is InChI=1S/C18H27N3O/c1-14(18(22)20-16-6-3-2-4-7-16)21-12-9-15(10-13-21)17-8-5-11-19-17/h2-4,6-7,14-15,17,19H,5,8-13H2,1H3,(H,20,22). The van der Waals surface area contributed by atoms with Crippen LogP contribution in [0.15, 0.2) is 30.3 Å². The molecule has 2 aliphatic heterocycles. The van der Waals surface area contributed by atoms with E-state index >= 15 is 0 Å². The van der Waals surface area contributed by atoms with Crippen molar-refractivity contribution in [2.45, 2.75) is 44.7 Å². The lowest BCUT2D eigenvalue weighted by Gasteiger charge is -2.37. The maximum absolute atomic E-state index is 12.4. The van der Waals surface area contributed by atoms with E-state index in [1.807, 2.05) is 37.3 Å². The van der Waals surface area contributed by atoms with Crippen molar-refractivity contribution in [2.75, 3.05) is 25.0 Å². The van der Waals surface area contributed by atoms with Gasteiger partial charge in [0.1, 0.15) is 0 Å². The van der Waals surface area contributed by atoms with Crippen molar-refractivity contribution in [3.63, 3.8) is 0 Å². The van der Waals surface area contributed by atoms with Crippen LogP contribution in [-0.2, 0) is 4.79 Å². The Morgan fingerprint density at radius 2 is 1.95 bits per heavy atom. The average Bonchev–Trinajstić information content (AvgIpc) is 3.10. The van der Waals surface area contributed by atoms with E-state index in [2.05, 4.69) is 15.5 Å². The summed E-state index contributed by atoms with van der Waals surface area (Å²) in [6, 6.07) is 10.4. The number of carbonyl (C=O) groups is 1. The number of benzene rings is 1. The molecule has 22 heavy (non-hydrogen) atoms. The first-order valence-electron chi connectivity index (χ1n) is 8.57. The molecule has 1 amide bonds. The summed E-state index contributed by atoms with van der Waals surface area (Å²) in [5.74, 6) is 0.895. The van der Waals surface area contributed by atoms with Crippen molar-refractivity contribution in [2.24, 2.45) is 5.92 Å². The minimum atomic E-state index is -0.0577. The summed E-state index contributed by atoms with van der Waals surface area (Å²) < 4.78 is 0. The van der Waals surface area contributed by atoms with Crippen molar-refractivity contribution in [1.82, 2.24) is 10.2 Å². The van der Waals surface area contributed by atoms with Crippen LogP contribution in [0.4, 0.5) is 5.69 Å². The fourth-order valence-corrected chi connectivity index (χ4v) is 3.76. The Morgan fingerprint density at radius 3 is 2.59 bits per heavy atom. The van der Waals surface area contributed by atoms with Crippen LogP contribution in [0.25, 0.3) is 0 Å². The van der Waals surface area contributed by atoms with Crippen molar-refractivity contribution >= 4 is 11.6 Å². The molecule has 2 saturated heterocycles. The third kappa shape index (κ3) is 3.68. The van der Waals surface area contributed by atoms with Crippen LogP contribution in [0.5, 0.6) is 0 Å². The Bertz CT molecular complexity index is 476. The molecular formula is C18H27N3O. The van der Waals surface area contributed by atoms with Crippen molar-refractivity contribution in [1.29, 1.82) is 0 Å². The van der Waals surface area contributed by atoms with Crippen molar-refractivity contribution in [3.05, 3.63) is 30.3 Å². The summed E-state index contributed by atoms with van der Waals surface area (Å²) >= 11 is 0. The average molecular weight is 301 g/mol. The Hall–Kier alpha value is -1.39. The fourth-order valence-electron chi connectivity index (χ4n) is 3.76. The normalized spacial score (nSPS) is 25.0. The second-order valence-electron chi connectivity index (χ2n) is 6.61. The highest BCUT2D eigenvalue weighted by molar-refractivity contribution is 5.94. The Labute approximate surface area is 133 Å². The molecule has 0 saturated carbocycles. The lowest BCUT2D eigenvalue weighted by molar-refractivity contribution is -0.121. The number of carbonyl (C=O) groups excluding carboxylic acids is 1. The molecule has 2 aliphatic rings. The molecule has 0 spiro atoms. The molecule has 0 bridgehead atoms. The first-order valence-corrected chi connectivity index (χ1v) is 8.57. The van der Waals surface area contributed by atoms with Crippen LogP contribution < -0.4 is 10.6 Å². The number of anilines is 1. The maximum Gasteiger partial charge on any atom is 0.241 e. The zero-order valence-corrected chi connectivity index (χ0v) is 13.4. The van der Waals surface area contributed by atoms with E-state index < -0.39 is 0 Å². The van der Waals surface area contributed by atoms with Gasteiger partial charge >= 0.3 is 0 Å². The zero-order valence-electron chi connectivity index (χ0n) is 13.4. The summed E-state index contributed by atoms with van der Waals surface area (Å²) in [5.41, 5.74) is 0.879. The van der Waals surface area contributed by atoms with Gasteiger partial charge in [-0.25, -0.2) is 0 Å². The Morgan fingerprint density at radius 1 is 1.23 bits per heavy atom. The van der Waals surface area contributed by atoms with Gasteiger partial charge in [-0.05, 0) is 70.3 Å². The highest BCUT2D eigenvalue weighted by Crippen LogP contribution is 2.26. The summed E-state index contributed by atoms with van der Waals surface area (Å²) in [6.07, 6.45) is 5.07. The molecule has 4 nitrogen and oxygen atoms in total. The zero-order chi connectivity index (χ0) is 15.4. The molecule has 2 N–H and O–H groups in total. The number of hydrogen-bond acceptors (Lipinski definition) is 3. The van der Waals surface area contributed by atoms with Gasteiger partial charge < -0.3 is 10.6 Å². The SMILES string of the molecule is CC(C(=O)Nc1ccccc1)N1CCC(C2CCCN2)CC1. The van der Waals surface area contributed by atoms with Crippen LogP contribution >= 0.6 is 0 Å². The van der Waals surface area contributed by atoms with E-state index in [1.54, 1.807) is 0 Å². The first kappa shape index (κ1) is 15.5. The molecule has 1 aromatic rings. The molecule has 1 aromatic carbocycles. The van der Waals surface area contributed by atoms with E-state index in [0.29, 0.717) is 0 Å². The van der Waals surface area contributed by atoms with Gasteiger partial charge in [0.25, 0.3) is 0 Å². The van der Waals surface area contributed by atoms with Crippen LogP contribution in [0.2, 0.25) is 0 Å². The maximum atomic E-state index is 12.4. The second kappa shape index (κ2) is 7.25. The number of likely N-dealkylation sites (tertiary alicyclic amines) is 1. The van der Waals surface area contributed by atoms with Crippen LogP contribution in [0.3, 0.4) is 0 Å². The van der Waals surface area contributed by atoms with E-state index in [4.69, 9.17) is 0 Å². The summed E-state index contributed by atoms with van der Waals surface area (Å²) in [6.45, 7) is 5.27. The number of rotatable bonds is 4. The number of nitrogens with one attached hydrogen (secondary N) is 2. The van der Waals surface area contributed by atoms with Gasteiger partial charge in [-0.2, -0.15) is 0 Å². The number of piperidine rings is 1. The van der Waals surface area contributed by atoms with E-state index in [9.17, 15) is 4.79 Å².